The van der Waals surface area contributed by atoms with E-state index in [4.69, 9.17) is 9.15 Å². The lowest BCUT2D eigenvalue weighted by molar-refractivity contribution is -0.139. The Labute approximate surface area is 168 Å². The zero-order valence-corrected chi connectivity index (χ0v) is 15.9. The molecular weight excluding hydrogens is 370 g/mol. The first-order valence-corrected chi connectivity index (χ1v) is 9.03. The third-order valence-corrected chi connectivity index (χ3v) is 4.01. The average molecular weight is 391 g/mol. The summed E-state index contributed by atoms with van der Waals surface area (Å²) >= 11 is 0. The van der Waals surface area contributed by atoms with E-state index < -0.39 is 11.8 Å². The maximum atomic E-state index is 11.8. The number of nitrogens with zero attached hydrogens (tertiary/aromatic N) is 1. The largest absolute Gasteiger partial charge is 0.488 e. The highest BCUT2D eigenvalue weighted by atomic mass is 16.5. The number of ether oxygens (including phenoxy) is 1. The summed E-state index contributed by atoms with van der Waals surface area (Å²) in [5, 5.41) is 6.29. The molecule has 1 heterocycles. The molecule has 0 fully saturated rings. The van der Waals surface area contributed by atoms with Gasteiger partial charge in [0.1, 0.15) is 18.1 Å². The van der Waals surface area contributed by atoms with E-state index in [0.717, 1.165) is 5.56 Å². The first-order chi connectivity index (χ1) is 14.1. The van der Waals surface area contributed by atoms with Crippen LogP contribution in [-0.4, -0.2) is 18.0 Å². The van der Waals surface area contributed by atoms with Crippen molar-refractivity contribution in [3.05, 3.63) is 89.4 Å². The number of rotatable bonds is 7. The number of carbonyl (C=O) groups is 2. The number of amides is 2. The average Bonchev–Trinajstić information content (AvgIpc) is 3.26. The number of carbonyl (C=O) groups excluding carboxylic acids is 2. The van der Waals surface area contributed by atoms with E-state index >= 15 is 0 Å². The third kappa shape index (κ3) is 6.07. The number of para-hydroxylation sites is 1. The molecule has 2 amide bonds. The molecule has 148 valence electrons. The van der Waals surface area contributed by atoms with Crippen LogP contribution in [0.5, 0.6) is 5.75 Å². The molecule has 0 saturated heterocycles. The first-order valence-electron chi connectivity index (χ1n) is 9.03. The topological polar surface area (TPSA) is 92.9 Å². The Morgan fingerprint density at radius 3 is 2.59 bits per heavy atom. The Bertz CT molecular complexity index is 980. The van der Waals surface area contributed by atoms with Crippen molar-refractivity contribution < 1.29 is 18.7 Å². The van der Waals surface area contributed by atoms with Gasteiger partial charge >= 0.3 is 11.8 Å². The Morgan fingerprint density at radius 2 is 1.83 bits per heavy atom. The summed E-state index contributed by atoms with van der Waals surface area (Å²) in [7, 11) is 0. The minimum absolute atomic E-state index is 0.124. The molecule has 7 nitrogen and oxygen atoms in total. The number of hydrogen-bond donors (Lipinski definition) is 2. The highest BCUT2D eigenvalue weighted by molar-refractivity contribution is 6.35. The summed E-state index contributed by atoms with van der Waals surface area (Å²) in [5.74, 6) is -0.504. The summed E-state index contributed by atoms with van der Waals surface area (Å²) in [6.07, 6.45) is 2.92. The van der Waals surface area contributed by atoms with Crippen LogP contribution in [0.3, 0.4) is 0 Å². The standard InChI is InChI=1S/C22H21N3O4/c1-16-8-10-17(11-9-16)15-29-20-7-3-2-5-18(20)13-24-25-22(27)21(26)23-14-19-6-4-12-28-19/h2-13H,14-15H2,1H3,(H,23,26)(H,25,27)/b24-13-. The van der Waals surface area contributed by atoms with Gasteiger partial charge in [-0.3, -0.25) is 9.59 Å². The Hall–Kier alpha value is -3.87. The molecule has 0 saturated carbocycles. The molecule has 0 aliphatic carbocycles. The monoisotopic (exact) mass is 391 g/mol. The van der Waals surface area contributed by atoms with Gasteiger partial charge in [0.25, 0.3) is 0 Å². The SMILES string of the molecule is Cc1ccc(COc2ccccc2/C=N\NC(=O)C(=O)NCc2ccco2)cc1. The van der Waals surface area contributed by atoms with Crippen LogP contribution in [0.1, 0.15) is 22.5 Å². The third-order valence-electron chi connectivity index (χ3n) is 4.01. The molecule has 0 spiro atoms. The number of hydrogen-bond acceptors (Lipinski definition) is 5. The first kappa shape index (κ1) is 19.9. The summed E-state index contributed by atoms with van der Waals surface area (Å²) in [4.78, 5) is 23.6. The molecule has 0 aliphatic heterocycles. The molecule has 29 heavy (non-hydrogen) atoms. The molecule has 0 atom stereocenters. The number of benzene rings is 2. The molecular formula is C22H21N3O4. The minimum Gasteiger partial charge on any atom is -0.488 e. The van der Waals surface area contributed by atoms with Crippen LogP contribution in [0, 0.1) is 6.92 Å². The van der Waals surface area contributed by atoms with Gasteiger partial charge in [-0.1, -0.05) is 42.0 Å². The fourth-order valence-electron chi connectivity index (χ4n) is 2.44. The van der Waals surface area contributed by atoms with Crippen LogP contribution in [0.4, 0.5) is 0 Å². The van der Waals surface area contributed by atoms with Crippen LogP contribution in [-0.2, 0) is 22.7 Å². The quantitative estimate of drug-likeness (QED) is 0.368. The van der Waals surface area contributed by atoms with Crippen molar-refractivity contribution in [1.29, 1.82) is 0 Å². The van der Waals surface area contributed by atoms with Crippen molar-refractivity contribution in [2.75, 3.05) is 0 Å². The summed E-state index contributed by atoms with van der Waals surface area (Å²) in [6.45, 7) is 2.56. The minimum atomic E-state index is -0.870. The summed E-state index contributed by atoms with van der Waals surface area (Å²) < 4.78 is 10.9. The molecule has 3 rings (SSSR count). The number of aryl methyl sites for hydroxylation is 1. The van der Waals surface area contributed by atoms with Crippen molar-refractivity contribution in [2.24, 2.45) is 5.10 Å². The molecule has 2 N–H and O–H groups in total. The van der Waals surface area contributed by atoms with Gasteiger partial charge in [-0.25, -0.2) is 5.43 Å². The summed E-state index contributed by atoms with van der Waals surface area (Å²) in [6, 6.07) is 18.8. The van der Waals surface area contributed by atoms with Gasteiger partial charge in [-0.05, 0) is 36.8 Å². The summed E-state index contributed by atoms with van der Waals surface area (Å²) in [5.41, 5.74) is 5.11. The Kier molecular flexibility index (Phi) is 6.78. The van der Waals surface area contributed by atoms with E-state index in [-0.39, 0.29) is 6.54 Å². The molecule has 0 aliphatic rings. The van der Waals surface area contributed by atoms with E-state index in [9.17, 15) is 9.59 Å². The maximum absolute atomic E-state index is 11.8. The second-order valence-electron chi connectivity index (χ2n) is 6.27. The molecule has 7 heteroatoms. The van der Waals surface area contributed by atoms with Gasteiger partial charge in [0, 0.05) is 5.56 Å². The van der Waals surface area contributed by atoms with Crippen molar-refractivity contribution in [1.82, 2.24) is 10.7 Å². The fourth-order valence-corrected chi connectivity index (χ4v) is 2.44. The van der Waals surface area contributed by atoms with Crippen LogP contribution in [0.2, 0.25) is 0 Å². The van der Waals surface area contributed by atoms with E-state index in [1.165, 1.54) is 18.0 Å². The molecule has 3 aromatic rings. The van der Waals surface area contributed by atoms with Gasteiger partial charge in [0.05, 0.1) is 19.0 Å². The van der Waals surface area contributed by atoms with Gasteiger partial charge in [0.15, 0.2) is 0 Å². The highest BCUT2D eigenvalue weighted by Crippen LogP contribution is 2.17. The Balaban J connectivity index is 1.52. The van der Waals surface area contributed by atoms with Crippen LogP contribution in [0.25, 0.3) is 0 Å². The predicted molar refractivity (Wildman–Crippen MR) is 108 cm³/mol. The highest BCUT2D eigenvalue weighted by Gasteiger charge is 2.12. The second kappa shape index (κ2) is 9.89. The lowest BCUT2D eigenvalue weighted by atomic mass is 10.1. The lowest BCUT2D eigenvalue weighted by Gasteiger charge is -2.09. The van der Waals surface area contributed by atoms with E-state index in [2.05, 4.69) is 15.8 Å². The van der Waals surface area contributed by atoms with Crippen molar-refractivity contribution in [3.8, 4) is 5.75 Å². The number of nitrogens with one attached hydrogen (secondary N) is 2. The van der Waals surface area contributed by atoms with Crippen LogP contribution < -0.4 is 15.5 Å². The van der Waals surface area contributed by atoms with Crippen molar-refractivity contribution in [2.45, 2.75) is 20.1 Å². The zero-order chi connectivity index (χ0) is 20.5. The maximum Gasteiger partial charge on any atom is 0.329 e. The van der Waals surface area contributed by atoms with E-state index in [1.807, 2.05) is 49.4 Å². The molecule has 2 aromatic carbocycles. The van der Waals surface area contributed by atoms with Crippen molar-refractivity contribution >= 4 is 18.0 Å². The van der Waals surface area contributed by atoms with Gasteiger partial charge in [-0.2, -0.15) is 5.10 Å². The normalized spacial score (nSPS) is 10.7. The molecule has 0 radical (unpaired) electrons. The second-order valence-corrected chi connectivity index (χ2v) is 6.27. The smallest absolute Gasteiger partial charge is 0.329 e. The molecule has 1 aromatic heterocycles. The predicted octanol–water partition coefficient (Wildman–Crippen LogP) is 2.93. The van der Waals surface area contributed by atoms with Gasteiger partial charge in [0.2, 0.25) is 0 Å². The fraction of sp³-hybridized carbons (Fsp3) is 0.136. The van der Waals surface area contributed by atoms with Crippen LogP contribution in [0.15, 0.2) is 76.4 Å². The molecule has 0 unspecified atom stereocenters. The molecule has 0 bridgehead atoms. The zero-order valence-electron chi connectivity index (χ0n) is 15.9. The van der Waals surface area contributed by atoms with Crippen molar-refractivity contribution in [3.63, 3.8) is 0 Å². The number of furan rings is 1. The number of hydrazone groups is 1. The Morgan fingerprint density at radius 1 is 1.03 bits per heavy atom. The van der Waals surface area contributed by atoms with E-state index in [1.54, 1.807) is 18.2 Å². The lowest BCUT2D eigenvalue weighted by Crippen LogP contribution is -2.37. The van der Waals surface area contributed by atoms with Gasteiger partial charge in [-0.15, -0.1) is 0 Å². The van der Waals surface area contributed by atoms with E-state index in [0.29, 0.717) is 23.7 Å². The van der Waals surface area contributed by atoms with Gasteiger partial charge < -0.3 is 14.5 Å². The van der Waals surface area contributed by atoms with Crippen LogP contribution >= 0.6 is 0 Å².